The minimum absolute atomic E-state index is 0.0784. The summed E-state index contributed by atoms with van der Waals surface area (Å²) in [5.74, 6) is -7.12. The lowest BCUT2D eigenvalue weighted by atomic mass is 10.1. The number of carbonyl (C=O) groups excluding carboxylic acids is 3. The second kappa shape index (κ2) is 13.8. The van der Waals surface area contributed by atoms with Crippen molar-refractivity contribution in [3.05, 3.63) is 18.2 Å². The number of carbonyl (C=O) groups is 6. The number of carboxylic acids is 3. The summed E-state index contributed by atoms with van der Waals surface area (Å²) in [6, 6.07) is -5.71. The molecule has 9 N–H and O–H groups in total. The molecule has 0 radical (unpaired) electrons. The van der Waals surface area contributed by atoms with Crippen molar-refractivity contribution < 1.29 is 44.1 Å². The molecule has 0 aliphatic heterocycles. The molecule has 188 valence electrons. The lowest BCUT2D eigenvalue weighted by Gasteiger charge is -2.24. The van der Waals surface area contributed by atoms with E-state index in [-0.39, 0.29) is 12.2 Å². The third-order valence-corrected chi connectivity index (χ3v) is 4.81. The Morgan fingerprint density at radius 1 is 0.941 bits per heavy atom. The van der Waals surface area contributed by atoms with E-state index in [9.17, 15) is 33.9 Å². The van der Waals surface area contributed by atoms with Gasteiger partial charge in [0.15, 0.2) is 0 Å². The van der Waals surface area contributed by atoms with Gasteiger partial charge in [-0.3, -0.25) is 24.0 Å². The number of hydrogen-bond acceptors (Lipinski definition) is 9. The molecule has 0 spiro atoms. The summed E-state index contributed by atoms with van der Waals surface area (Å²) >= 11 is 3.86. The summed E-state index contributed by atoms with van der Waals surface area (Å²) in [6.07, 6.45) is 0.658. The summed E-state index contributed by atoms with van der Waals surface area (Å²) < 4.78 is 0. The predicted molar refractivity (Wildman–Crippen MR) is 117 cm³/mol. The first kappa shape index (κ1) is 28.4. The van der Waals surface area contributed by atoms with Crippen LogP contribution in [0.1, 0.15) is 25.0 Å². The van der Waals surface area contributed by atoms with Crippen LogP contribution in [0.4, 0.5) is 0 Å². The van der Waals surface area contributed by atoms with E-state index in [0.29, 0.717) is 5.69 Å². The largest absolute Gasteiger partial charge is 0.481 e. The number of nitrogens with two attached hydrogens (primary N) is 1. The Labute approximate surface area is 198 Å². The number of nitrogens with one attached hydrogen (secondary N) is 4. The molecule has 34 heavy (non-hydrogen) atoms. The molecule has 4 atom stereocenters. The van der Waals surface area contributed by atoms with Crippen LogP contribution in [0.5, 0.6) is 0 Å². The first-order valence-corrected chi connectivity index (χ1v) is 10.5. The van der Waals surface area contributed by atoms with Gasteiger partial charge in [0, 0.05) is 30.5 Å². The van der Waals surface area contributed by atoms with Crippen LogP contribution >= 0.6 is 12.6 Å². The zero-order valence-corrected chi connectivity index (χ0v) is 18.7. The lowest BCUT2D eigenvalue weighted by molar-refractivity contribution is -0.144. The average molecular weight is 503 g/mol. The molecule has 0 fully saturated rings. The van der Waals surface area contributed by atoms with Gasteiger partial charge in [0.05, 0.1) is 18.8 Å². The van der Waals surface area contributed by atoms with Crippen molar-refractivity contribution in [1.82, 2.24) is 25.9 Å². The van der Waals surface area contributed by atoms with E-state index in [1.165, 1.54) is 12.5 Å². The highest BCUT2D eigenvalue weighted by molar-refractivity contribution is 7.80. The minimum Gasteiger partial charge on any atom is -0.481 e. The molecule has 1 aromatic rings. The first-order valence-electron chi connectivity index (χ1n) is 9.85. The van der Waals surface area contributed by atoms with E-state index in [0.717, 1.165) is 0 Å². The molecule has 0 saturated carbocycles. The van der Waals surface area contributed by atoms with Crippen molar-refractivity contribution in [2.24, 2.45) is 5.73 Å². The third kappa shape index (κ3) is 9.86. The standard InChI is InChI=1S/C18H26N6O9S/c19-9(6-34)15(29)23-12(4-14(27)28)17(31)24-11(3-8-5-20-7-21-8)16(30)22-10(18(32)33)1-2-13(25)26/h5,7,9-12,34H,1-4,6,19H2,(H,20,21)(H,22,30)(H,23,29)(H,24,31)(H,25,26)(H,27,28)(H,32,33). The molecular weight excluding hydrogens is 476 g/mol. The van der Waals surface area contributed by atoms with Gasteiger partial charge in [-0.1, -0.05) is 0 Å². The van der Waals surface area contributed by atoms with Crippen molar-refractivity contribution in [1.29, 1.82) is 0 Å². The van der Waals surface area contributed by atoms with Crippen molar-refractivity contribution in [3.63, 3.8) is 0 Å². The summed E-state index contributed by atoms with van der Waals surface area (Å²) in [5.41, 5.74) is 5.90. The van der Waals surface area contributed by atoms with Gasteiger partial charge in [0.25, 0.3) is 0 Å². The Morgan fingerprint density at radius 2 is 1.53 bits per heavy atom. The quantitative estimate of drug-likeness (QED) is 0.110. The first-order chi connectivity index (χ1) is 15.9. The van der Waals surface area contributed by atoms with Crippen LogP contribution in [0.3, 0.4) is 0 Å². The van der Waals surface area contributed by atoms with Gasteiger partial charge in [0.1, 0.15) is 18.1 Å². The molecule has 0 aliphatic carbocycles. The number of thiol groups is 1. The van der Waals surface area contributed by atoms with Gasteiger partial charge >= 0.3 is 17.9 Å². The third-order valence-electron chi connectivity index (χ3n) is 4.42. The van der Waals surface area contributed by atoms with Crippen LogP contribution in [0, 0.1) is 0 Å². The van der Waals surface area contributed by atoms with Crippen LogP contribution in [0.2, 0.25) is 0 Å². The van der Waals surface area contributed by atoms with Gasteiger partial charge in [-0.2, -0.15) is 12.6 Å². The zero-order chi connectivity index (χ0) is 25.8. The molecule has 1 aromatic heterocycles. The summed E-state index contributed by atoms with van der Waals surface area (Å²) in [7, 11) is 0. The van der Waals surface area contributed by atoms with Crippen molar-refractivity contribution in [3.8, 4) is 0 Å². The molecule has 4 unspecified atom stereocenters. The Morgan fingerprint density at radius 3 is 2.03 bits per heavy atom. The highest BCUT2D eigenvalue weighted by Gasteiger charge is 2.31. The van der Waals surface area contributed by atoms with Crippen molar-refractivity contribution in [2.75, 3.05) is 5.75 Å². The molecule has 0 saturated heterocycles. The Bertz CT molecular complexity index is 894. The predicted octanol–water partition coefficient (Wildman–Crippen LogP) is -2.91. The maximum absolute atomic E-state index is 12.8. The topological polar surface area (TPSA) is 254 Å². The monoisotopic (exact) mass is 502 g/mol. The van der Waals surface area contributed by atoms with E-state index in [4.69, 9.17) is 15.9 Å². The fourth-order valence-electron chi connectivity index (χ4n) is 2.64. The van der Waals surface area contributed by atoms with Gasteiger partial charge in [-0.25, -0.2) is 9.78 Å². The van der Waals surface area contributed by atoms with E-state index in [2.05, 4.69) is 38.5 Å². The second-order valence-corrected chi connectivity index (χ2v) is 7.49. The lowest BCUT2D eigenvalue weighted by Crippen LogP contribution is -2.58. The fraction of sp³-hybridized carbons (Fsp3) is 0.500. The molecular formula is C18H26N6O9S. The van der Waals surface area contributed by atoms with E-state index in [1.54, 1.807) is 0 Å². The van der Waals surface area contributed by atoms with E-state index >= 15 is 0 Å². The van der Waals surface area contributed by atoms with Gasteiger partial charge in [-0.05, 0) is 6.42 Å². The molecule has 0 aliphatic rings. The Hall–Kier alpha value is -3.66. The highest BCUT2D eigenvalue weighted by atomic mass is 32.1. The number of aliphatic carboxylic acids is 3. The molecule has 15 nitrogen and oxygen atoms in total. The average Bonchev–Trinajstić information content (AvgIpc) is 3.27. The molecule has 1 rings (SSSR count). The maximum Gasteiger partial charge on any atom is 0.326 e. The highest BCUT2D eigenvalue weighted by Crippen LogP contribution is 2.05. The summed E-state index contributed by atoms with van der Waals surface area (Å²) in [6.45, 7) is 0. The Balaban J connectivity index is 3.06. The van der Waals surface area contributed by atoms with Gasteiger partial charge < -0.3 is 42.0 Å². The number of amides is 3. The maximum atomic E-state index is 12.8. The van der Waals surface area contributed by atoms with Gasteiger partial charge in [-0.15, -0.1) is 0 Å². The molecule has 16 heteroatoms. The fourth-order valence-corrected chi connectivity index (χ4v) is 2.81. The zero-order valence-electron chi connectivity index (χ0n) is 17.8. The SMILES string of the molecule is NC(CS)C(=O)NC(CC(=O)O)C(=O)NC(Cc1cnc[nH]1)C(=O)NC(CCC(=O)O)C(=O)O. The van der Waals surface area contributed by atoms with Crippen molar-refractivity contribution >= 4 is 48.3 Å². The Kier molecular flexibility index (Phi) is 11.5. The molecule has 0 bridgehead atoms. The van der Waals surface area contributed by atoms with Crippen LogP contribution < -0.4 is 21.7 Å². The number of imidazole rings is 1. The number of nitrogens with zero attached hydrogens (tertiary/aromatic N) is 1. The van der Waals surface area contributed by atoms with Gasteiger partial charge in [0.2, 0.25) is 17.7 Å². The number of carboxylic acid groups (broad SMARTS) is 3. The number of aromatic amines is 1. The summed E-state index contributed by atoms with van der Waals surface area (Å²) in [4.78, 5) is 77.4. The molecule has 1 heterocycles. The van der Waals surface area contributed by atoms with Crippen LogP contribution in [-0.2, 0) is 35.2 Å². The van der Waals surface area contributed by atoms with Crippen LogP contribution in [0.15, 0.2) is 12.5 Å². The summed E-state index contributed by atoms with van der Waals surface area (Å²) in [5, 5.41) is 33.8. The number of hydrogen-bond donors (Lipinski definition) is 9. The van der Waals surface area contributed by atoms with E-state index < -0.39 is 79.1 Å². The normalized spacial score (nSPS) is 14.2. The number of rotatable bonds is 15. The molecule has 0 aromatic carbocycles. The second-order valence-electron chi connectivity index (χ2n) is 7.12. The smallest absolute Gasteiger partial charge is 0.326 e. The number of H-pyrrole nitrogens is 1. The van der Waals surface area contributed by atoms with Crippen LogP contribution in [-0.4, -0.2) is 90.8 Å². The van der Waals surface area contributed by atoms with E-state index in [1.807, 2.05) is 0 Å². The molecule has 3 amide bonds. The minimum atomic E-state index is -1.60. The number of aromatic nitrogens is 2. The van der Waals surface area contributed by atoms with Crippen LogP contribution in [0.25, 0.3) is 0 Å². The van der Waals surface area contributed by atoms with Crippen molar-refractivity contribution in [2.45, 2.75) is 49.9 Å².